The van der Waals surface area contributed by atoms with Gasteiger partial charge < -0.3 is 10.1 Å². The zero-order chi connectivity index (χ0) is 18.6. The van der Waals surface area contributed by atoms with Crippen molar-refractivity contribution in [3.63, 3.8) is 0 Å². The molecule has 6 nitrogen and oxygen atoms in total. The maximum absolute atomic E-state index is 13.0. The minimum Gasteiger partial charge on any atom is -0.494 e. The van der Waals surface area contributed by atoms with E-state index < -0.39 is 16.1 Å². The molecule has 26 heavy (non-hydrogen) atoms. The highest BCUT2D eigenvalue weighted by atomic mass is 32.2. The maximum Gasteiger partial charge on any atom is 0.243 e. The lowest BCUT2D eigenvalue weighted by molar-refractivity contribution is -0.119. The van der Waals surface area contributed by atoms with E-state index in [9.17, 15) is 13.2 Å². The van der Waals surface area contributed by atoms with E-state index in [4.69, 9.17) is 4.74 Å². The van der Waals surface area contributed by atoms with Gasteiger partial charge in [-0.1, -0.05) is 18.2 Å². The number of hydrogen-bond donors (Lipinski definition) is 1. The van der Waals surface area contributed by atoms with E-state index in [1.807, 2.05) is 25.1 Å². The summed E-state index contributed by atoms with van der Waals surface area (Å²) in [6.07, 6.45) is 1.16. The Hall–Kier alpha value is -2.38. The fourth-order valence-corrected chi connectivity index (χ4v) is 4.70. The molecule has 0 bridgehead atoms. The monoisotopic (exact) mass is 374 g/mol. The van der Waals surface area contributed by atoms with Gasteiger partial charge in [0.05, 0.1) is 11.5 Å². The molecule has 1 atom stereocenters. The molecule has 3 rings (SSSR count). The summed E-state index contributed by atoms with van der Waals surface area (Å²) in [6.45, 7) is 2.72. The standard InChI is InChI=1S/C19H22N2O4S/c1-2-25-16-10-12-17(13-11-16)26(23,24)21-14-6-9-18(21)19(22)20-15-7-4-3-5-8-15/h3-5,7-8,10-13,18H,2,6,9,14H2,1H3,(H,20,22)/t18-/m0/s1. The van der Waals surface area contributed by atoms with Crippen LogP contribution in [0.5, 0.6) is 5.75 Å². The van der Waals surface area contributed by atoms with Crippen LogP contribution < -0.4 is 10.1 Å². The van der Waals surface area contributed by atoms with Crippen LogP contribution in [0.15, 0.2) is 59.5 Å². The molecule has 0 spiro atoms. The van der Waals surface area contributed by atoms with Crippen LogP contribution in [0.2, 0.25) is 0 Å². The highest BCUT2D eigenvalue weighted by Crippen LogP contribution is 2.28. The number of sulfonamides is 1. The van der Waals surface area contributed by atoms with Crippen molar-refractivity contribution in [1.82, 2.24) is 4.31 Å². The van der Waals surface area contributed by atoms with Gasteiger partial charge in [-0.3, -0.25) is 4.79 Å². The van der Waals surface area contributed by atoms with Crippen LogP contribution in [-0.2, 0) is 14.8 Å². The van der Waals surface area contributed by atoms with E-state index >= 15 is 0 Å². The van der Waals surface area contributed by atoms with E-state index in [-0.39, 0.29) is 10.8 Å². The van der Waals surface area contributed by atoms with Gasteiger partial charge in [-0.05, 0) is 56.2 Å². The van der Waals surface area contributed by atoms with Gasteiger partial charge in [0, 0.05) is 12.2 Å². The summed E-state index contributed by atoms with van der Waals surface area (Å²) in [6, 6.07) is 14.6. The van der Waals surface area contributed by atoms with Crippen molar-refractivity contribution in [1.29, 1.82) is 0 Å². The summed E-state index contributed by atoms with van der Waals surface area (Å²) in [7, 11) is -3.74. The van der Waals surface area contributed by atoms with Crippen molar-refractivity contribution < 1.29 is 17.9 Å². The first-order valence-corrected chi connectivity index (χ1v) is 10.1. The number of para-hydroxylation sites is 1. The molecular formula is C19H22N2O4S. The molecular weight excluding hydrogens is 352 g/mol. The first-order valence-electron chi connectivity index (χ1n) is 8.63. The average molecular weight is 374 g/mol. The Labute approximate surface area is 153 Å². The molecule has 0 saturated carbocycles. The Morgan fingerprint density at radius 3 is 2.50 bits per heavy atom. The molecule has 2 aromatic carbocycles. The lowest BCUT2D eigenvalue weighted by Gasteiger charge is -2.23. The van der Waals surface area contributed by atoms with E-state index in [2.05, 4.69) is 5.32 Å². The van der Waals surface area contributed by atoms with Crippen molar-refractivity contribution >= 4 is 21.6 Å². The van der Waals surface area contributed by atoms with E-state index in [1.165, 1.54) is 16.4 Å². The van der Waals surface area contributed by atoms with Crippen LogP contribution in [0, 0.1) is 0 Å². The van der Waals surface area contributed by atoms with Crippen LogP contribution in [0.25, 0.3) is 0 Å². The number of nitrogens with one attached hydrogen (secondary N) is 1. The smallest absolute Gasteiger partial charge is 0.243 e. The molecule has 1 amide bonds. The number of anilines is 1. The fourth-order valence-electron chi connectivity index (χ4n) is 3.05. The van der Waals surface area contributed by atoms with E-state index in [0.29, 0.717) is 37.4 Å². The summed E-state index contributed by atoms with van der Waals surface area (Å²) < 4.78 is 32.6. The minimum absolute atomic E-state index is 0.167. The van der Waals surface area contributed by atoms with Gasteiger partial charge >= 0.3 is 0 Å². The first kappa shape index (κ1) is 18.4. The number of carbonyl (C=O) groups excluding carboxylic acids is 1. The molecule has 0 radical (unpaired) electrons. The van der Waals surface area contributed by atoms with Gasteiger partial charge in [0.1, 0.15) is 11.8 Å². The second-order valence-electron chi connectivity index (χ2n) is 6.03. The van der Waals surface area contributed by atoms with Crippen LogP contribution in [0.3, 0.4) is 0 Å². The van der Waals surface area contributed by atoms with Gasteiger partial charge in [-0.25, -0.2) is 8.42 Å². The van der Waals surface area contributed by atoms with Crippen molar-refractivity contribution in [2.75, 3.05) is 18.5 Å². The number of nitrogens with zero attached hydrogens (tertiary/aromatic N) is 1. The maximum atomic E-state index is 13.0. The number of hydrogen-bond acceptors (Lipinski definition) is 4. The second kappa shape index (κ2) is 7.88. The minimum atomic E-state index is -3.74. The highest BCUT2D eigenvalue weighted by molar-refractivity contribution is 7.89. The Morgan fingerprint density at radius 2 is 1.85 bits per heavy atom. The quantitative estimate of drug-likeness (QED) is 0.844. The van der Waals surface area contributed by atoms with Crippen LogP contribution in [0.1, 0.15) is 19.8 Å². The summed E-state index contributed by atoms with van der Waals surface area (Å²) >= 11 is 0. The molecule has 138 valence electrons. The molecule has 1 fully saturated rings. The summed E-state index contributed by atoms with van der Waals surface area (Å²) in [4.78, 5) is 12.8. The van der Waals surface area contributed by atoms with Gasteiger partial charge in [0.15, 0.2) is 0 Å². The molecule has 1 N–H and O–H groups in total. The lowest BCUT2D eigenvalue weighted by atomic mass is 10.2. The number of carbonyl (C=O) groups is 1. The second-order valence-corrected chi connectivity index (χ2v) is 7.92. The summed E-state index contributed by atoms with van der Waals surface area (Å²) in [5.41, 5.74) is 0.655. The topological polar surface area (TPSA) is 75.7 Å². The molecule has 1 heterocycles. The third-order valence-corrected chi connectivity index (χ3v) is 6.21. The normalized spacial score (nSPS) is 17.8. The lowest BCUT2D eigenvalue weighted by Crippen LogP contribution is -2.43. The van der Waals surface area contributed by atoms with Crippen molar-refractivity contribution in [3.8, 4) is 5.75 Å². The summed E-state index contributed by atoms with van der Waals surface area (Å²) in [5.74, 6) is 0.314. The van der Waals surface area contributed by atoms with Gasteiger partial charge in [-0.2, -0.15) is 4.31 Å². The van der Waals surface area contributed by atoms with Crippen LogP contribution >= 0.6 is 0 Å². The molecule has 0 aliphatic carbocycles. The first-order chi connectivity index (χ1) is 12.5. The van der Waals surface area contributed by atoms with Crippen molar-refractivity contribution in [2.45, 2.75) is 30.7 Å². The molecule has 0 unspecified atom stereocenters. The predicted octanol–water partition coefficient (Wildman–Crippen LogP) is 2.88. The molecule has 1 aliphatic heterocycles. The number of amides is 1. The van der Waals surface area contributed by atoms with Crippen molar-refractivity contribution in [3.05, 3.63) is 54.6 Å². The Morgan fingerprint density at radius 1 is 1.15 bits per heavy atom. The fraction of sp³-hybridized carbons (Fsp3) is 0.316. The van der Waals surface area contributed by atoms with E-state index in [1.54, 1.807) is 24.3 Å². The largest absolute Gasteiger partial charge is 0.494 e. The van der Waals surface area contributed by atoms with Gasteiger partial charge in [-0.15, -0.1) is 0 Å². The Bertz CT molecular complexity index is 851. The molecule has 7 heteroatoms. The predicted molar refractivity (Wildman–Crippen MR) is 99.6 cm³/mol. The SMILES string of the molecule is CCOc1ccc(S(=O)(=O)N2CCC[C@H]2C(=O)Nc2ccccc2)cc1. The summed E-state index contributed by atoms with van der Waals surface area (Å²) in [5, 5.41) is 2.80. The van der Waals surface area contributed by atoms with E-state index in [0.717, 1.165) is 0 Å². The van der Waals surface area contributed by atoms with Crippen molar-refractivity contribution in [2.24, 2.45) is 0 Å². The number of rotatable bonds is 6. The highest BCUT2D eigenvalue weighted by Gasteiger charge is 2.39. The molecule has 1 aliphatic rings. The van der Waals surface area contributed by atoms with Crippen LogP contribution in [0.4, 0.5) is 5.69 Å². The number of ether oxygens (including phenoxy) is 1. The molecule has 1 saturated heterocycles. The number of benzene rings is 2. The van der Waals surface area contributed by atoms with Gasteiger partial charge in [0.25, 0.3) is 0 Å². The third-order valence-electron chi connectivity index (χ3n) is 4.29. The zero-order valence-electron chi connectivity index (χ0n) is 14.6. The Kier molecular flexibility index (Phi) is 5.58. The average Bonchev–Trinajstić information content (AvgIpc) is 3.14. The van der Waals surface area contributed by atoms with Crippen LogP contribution in [-0.4, -0.2) is 37.8 Å². The Balaban J connectivity index is 1.78. The van der Waals surface area contributed by atoms with Gasteiger partial charge in [0.2, 0.25) is 15.9 Å². The molecule has 2 aromatic rings. The molecule has 0 aromatic heterocycles. The zero-order valence-corrected chi connectivity index (χ0v) is 15.4. The third kappa shape index (κ3) is 3.89.